The topological polar surface area (TPSA) is 66.5 Å². The second-order valence-electron chi connectivity index (χ2n) is 6.80. The van der Waals surface area contributed by atoms with Gasteiger partial charge in [0.25, 0.3) is 0 Å². The molecule has 0 aliphatic carbocycles. The molecular weight excluding hydrogens is 384 g/mol. The van der Waals surface area contributed by atoms with E-state index in [0.29, 0.717) is 24.4 Å². The molecule has 27 heavy (non-hydrogen) atoms. The van der Waals surface area contributed by atoms with Gasteiger partial charge < -0.3 is 5.32 Å². The van der Waals surface area contributed by atoms with E-state index < -0.39 is 10.0 Å². The van der Waals surface area contributed by atoms with Gasteiger partial charge in [-0.15, -0.1) is 0 Å². The molecule has 0 unspecified atom stereocenters. The van der Waals surface area contributed by atoms with Crippen LogP contribution >= 0.6 is 11.6 Å². The van der Waals surface area contributed by atoms with E-state index >= 15 is 0 Å². The molecule has 0 saturated carbocycles. The highest BCUT2D eigenvalue weighted by molar-refractivity contribution is 7.89. The van der Waals surface area contributed by atoms with Crippen molar-refractivity contribution >= 4 is 27.5 Å². The highest BCUT2D eigenvalue weighted by Gasteiger charge is 2.33. The largest absolute Gasteiger partial charge is 0.349 e. The third-order valence-corrected chi connectivity index (χ3v) is 7.00. The predicted molar refractivity (Wildman–Crippen MR) is 106 cm³/mol. The summed E-state index contributed by atoms with van der Waals surface area (Å²) >= 11 is 5.85. The molecule has 2 atom stereocenters. The Morgan fingerprint density at radius 1 is 1.15 bits per heavy atom. The maximum Gasteiger partial charge on any atom is 0.243 e. The molecule has 1 N–H and O–H groups in total. The van der Waals surface area contributed by atoms with Gasteiger partial charge in [0.05, 0.1) is 16.9 Å². The van der Waals surface area contributed by atoms with E-state index in [0.717, 1.165) is 5.56 Å². The van der Waals surface area contributed by atoms with Gasteiger partial charge in [-0.05, 0) is 49.6 Å². The number of nitrogens with zero attached hydrogens (tertiary/aromatic N) is 1. The Bertz CT molecular complexity index is 885. The third-order valence-electron chi connectivity index (χ3n) is 4.86. The van der Waals surface area contributed by atoms with Crippen LogP contribution in [0.3, 0.4) is 0 Å². The number of carbonyl (C=O) groups excluding carboxylic acids is 1. The van der Waals surface area contributed by atoms with E-state index in [9.17, 15) is 13.2 Å². The Labute approximate surface area is 165 Å². The minimum atomic E-state index is -3.63. The van der Waals surface area contributed by atoms with Gasteiger partial charge in [-0.2, -0.15) is 4.31 Å². The van der Waals surface area contributed by atoms with E-state index in [1.54, 1.807) is 12.1 Å². The van der Waals surface area contributed by atoms with Crippen LogP contribution in [0.25, 0.3) is 0 Å². The fourth-order valence-corrected chi connectivity index (χ4v) is 4.94. The smallest absolute Gasteiger partial charge is 0.243 e. The lowest BCUT2D eigenvalue weighted by molar-refractivity contribution is -0.126. The van der Waals surface area contributed by atoms with Gasteiger partial charge in [-0.25, -0.2) is 8.42 Å². The molecule has 0 spiro atoms. The SMILES string of the molecule is C[C@H](NC(=O)[C@@H]1CCCN(S(=O)(=O)c2ccc(Cl)cc2)C1)c1ccccc1. The molecule has 0 aromatic heterocycles. The molecule has 5 nitrogen and oxygen atoms in total. The van der Waals surface area contributed by atoms with Crippen LogP contribution in [0, 0.1) is 5.92 Å². The molecule has 7 heteroatoms. The lowest BCUT2D eigenvalue weighted by atomic mass is 9.98. The van der Waals surface area contributed by atoms with Gasteiger partial charge in [0.2, 0.25) is 15.9 Å². The number of piperidine rings is 1. The average Bonchev–Trinajstić information content (AvgIpc) is 2.69. The standard InChI is InChI=1S/C20H23ClN2O3S/c1-15(16-6-3-2-4-7-16)22-20(24)17-8-5-13-23(14-17)27(25,26)19-11-9-18(21)10-12-19/h2-4,6-7,9-12,15,17H,5,8,13-14H2,1H3,(H,22,24)/t15-,17+/m0/s1. The minimum absolute atomic E-state index is 0.109. The lowest BCUT2D eigenvalue weighted by Gasteiger charge is -2.32. The van der Waals surface area contributed by atoms with E-state index in [4.69, 9.17) is 11.6 Å². The summed E-state index contributed by atoms with van der Waals surface area (Å²) < 4.78 is 27.1. The number of amides is 1. The molecular formula is C20H23ClN2O3S. The van der Waals surface area contributed by atoms with Crippen molar-refractivity contribution in [3.63, 3.8) is 0 Å². The summed E-state index contributed by atoms with van der Waals surface area (Å²) in [4.78, 5) is 12.9. The van der Waals surface area contributed by atoms with Crippen molar-refractivity contribution < 1.29 is 13.2 Å². The van der Waals surface area contributed by atoms with Crippen LogP contribution < -0.4 is 5.32 Å². The number of rotatable bonds is 5. The number of halogens is 1. The Morgan fingerprint density at radius 3 is 2.48 bits per heavy atom. The van der Waals surface area contributed by atoms with E-state index in [2.05, 4.69) is 5.32 Å². The second-order valence-corrected chi connectivity index (χ2v) is 9.17. The lowest BCUT2D eigenvalue weighted by Crippen LogP contribution is -2.45. The van der Waals surface area contributed by atoms with E-state index in [1.807, 2.05) is 37.3 Å². The first kappa shape index (κ1) is 19.9. The molecule has 1 heterocycles. The average molecular weight is 407 g/mol. The number of sulfonamides is 1. The van der Waals surface area contributed by atoms with Crippen molar-refractivity contribution in [1.82, 2.24) is 9.62 Å². The Balaban J connectivity index is 1.68. The Morgan fingerprint density at radius 2 is 1.81 bits per heavy atom. The third kappa shape index (κ3) is 4.69. The van der Waals surface area contributed by atoms with Crippen molar-refractivity contribution in [3.05, 3.63) is 65.2 Å². The highest BCUT2D eigenvalue weighted by Crippen LogP contribution is 2.25. The summed E-state index contributed by atoms with van der Waals surface area (Å²) in [5.41, 5.74) is 1.02. The zero-order chi connectivity index (χ0) is 19.4. The fraction of sp³-hybridized carbons (Fsp3) is 0.350. The Kier molecular flexibility index (Phi) is 6.19. The summed E-state index contributed by atoms with van der Waals surface area (Å²) in [6.45, 7) is 2.54. The first-order valence-electron chi connectivity index (χ1n) is 8.99. The van der Waals surface area contributed by atoms with Gasteiger partial charge in [-0.3, -0.25) is 4.79 Å². The van der Waals surface area contributed by atoms with Crippen LogP contribution in [0.2, 0.25) is 5.02 Å². The molecule has 0 radical (unpaired) electrons. The van der Waals surface area contributed by atoms with Crippen LogP contribution in [0.15, 0.2) is 59.5 Å². The predicted octanol–water partition coefficient (Wildman–Crippen LogP) is 3.62. The molecule has 144 valence electrons. The molecule has 3 rings (SSSR count). The van der Waals surface area contributed by atoms with E-state index in [1.165, 1.54) is 16.4 Å². The first-order valence-corrected chi connectivity index (χ1v) is 10.8. The van der Waals surface area contributed by atoms with Gasteiger partial charge in [0, 0.05) is 18.1 Å². The number of hydrogen-bond acceptors (Lipinski definition) is 3. The van der Waals surface area contributed by atoms with Crippen LogP contribution in [-0.2, 0) is 14.8 Å². The molecule has 0 bridgehead atoms. The van der Waals surface area contributed by atoms with Gasteiger partial charge in [0.15, 0.2) is 0 Å². The summed E-state index contributed by atoms with van der Waals surface area (Å²) in [5, 5.41) is 3.49. The number of nitrogens with one attached hydrogen (secondary N) is 1. The van der Waals surface area contributed by atoms with Crippen LogP contribution in [0.1, 0.15) is 31.4 Å². The van der Waals surface area contributed by atoms with Crippen molar-refractivity contribution in [2.45, 2.75) is 30.7 Å². The molecule has 1 fully saturated rings. The van der Waals surface area contributed by atoms with Crippen molar-refractivity contribution in [2.75, 3.05) is 13.1 Å². The van der Waals surface area contributed by atoms with Crippen molar-refractivity contribution in [3.8, 4) is 0 Å². The number of carbonyl (C=O) groups is 1. The molecule has 1 saturated heterocycles. The first-order chi connectivity index (χ1) is 12.9. The molecule has 1 aliphatic rings. The second kappa shape index (κ2) is 8.42. The summed E-state index contributed by atoms with van der Waals surface area (Å²) in [6.07, 6.45) is 1.34. The molecule has 2 aromatic rings. The monoisotopic (exact) mass is 406 g/mol. The Hall–Kier alpha value is -1.89. The van der Waals surface area contributed by atoms with Crippen molar-refractivity contribution in [2.24, 2.45) is 5.92 Å². The van der Waals surface area contributed by atoms with Crippen LogP contribution in [0.4, 0.5) is 0 Å². The maximum atomic E-state index is 12.9. The number of hydrogen-bond donors (Lipinski definition) is 1. The van der Waals surface area contributed by atoms with Crippen LogP contribution in [-0.4, -0.2) is 31.7 Å². The summed E-state index contributed by atoms with van der Waals surface area (Å²) in [5.74, 6) is -0.464. The van der Waals surface area contributed by atoms with Gasteiger partial charge >= 0.3 is 0 Å². The normalized spacial score (nSPS) is 19.4. The fourth-order valence-electron chi connectivity index (χ4n) is 3.29. The molecule has 1 amide bonds. The molecule has 1 aliphatic heterocycles. The zero-order valence-corrected chi connectivity index (χ0v) is 16.7. The minimum Gasteiger partial charge on any atom is -0.349 e. The quantitative estimate of drug-likeness (QED) is 0.824. The van der Waals surface area contributed by atoms with Gasteiger partial charge in [0.1, 0.15) is 0 Å². The zero-order valence-electron chi connectivity index (χ0n) is 15.1. The highest BCUT2D eigenvalue weighted by atomic mass is 35.5. The summed E-state index contributed by atoms with van der Waals surface area (Å²) in [7, 11) is -3.63. The number of benzene rings is 2. The van der Waals surface area contributed by atoms with Gasteiger partial charge in [-0.1, -0.05) is 41.9 Å². The van der Waals surface area contributed by atoms with Crippen molar-refractivity contribution in [1.29, 1.82) is 0 Å². The molecule has 2 aromatic carbocycles. The van der Waals surface area contributed by atoms with E-state index in [-0.39, 0.29) is 29.3 Å². The maximum absolute atomic E-state index is 12.9. The van der Waals surface area contributed by atoms with Crippen LogP contribution in [0.5, 0.6) is 0 Å². The summed E-state index contributed by atoms with van der Waals surface area (Å²) in [6, 6.07) is 15.7.